The quantitative estimate of drug-likeness (QED) is 0.881. The Balaban J connectivity index is 1.93. The third kappa shape index (κ3) is 3.30. The lowest BCUT2D eigenvalue weighted by Crippen LogP contribution is -2.38. The molecule has 0 aliphatic heterocycles. The summed E-state index contributed by atoms with van der Waals surface area (Å²) in [6.45, 7) is 1.98. The number of aliphatic hydroxyl groups is 1. The van der Waals surface area contributed by atoms with Crippen LogP contribution in [0.3, 0.4) is 0 Å². The number of hydrogen-bond acceptors (Lipinski definition) is 3. The van der Waals surface area contributed by atoms with Crippen molar-refractivity contribution in [2.45, 2.75) is 44.8 Å². The first-order valence-electron chi connectivity index (χ1n) is 5.81. The van der Waals surface area contributed by atoms with E-state index >= 15 is 0 Å². The van der Waals surface area contributed by atoms with Crippen LogP contribution in [0.5, 0.6) is 0 Å². The highest BCUT2D eigenvalue weighted by molar-refractivity contribution is 9.11. The van der Waals surface area contributed by atoms with Gasteiger partial charge in [-0.3, -0.25) is 4.79 Å². The van der Waals surface area contributed by atoms with E-state index in [0.29, 0.717) is 0 Å². The zero-order valence-electron chi connectivity index (χ0n) is 9.70. The Morgan fingerprint density at radius 2 is 2.12 bits per heavy atom. The molecule has 2 rings (SSSR count). The first-order chi connectivity index (χ1) is 8.06. The van der Waals surface area contributed by atoms with Crippen LogP contribution in [0.15, 0.2) is 9.85 Å². The molecule has 0 atom stereocenters. The average Bonchev–Trinajstić information content (AvgIpc) is 2.63. The summed E-state index contributed by atoms with van der Waals surface area (Å²) in [5.74, 6) is 0.00481. The molecule has 1 aromatic rings. The van der Waals surface area contributed by atoms with Crippen LogP contribution in [0, 0.1) is 6.92 Å². The van der Waals surface area contributed by atoms with Crippen LogP contribution in [0.25, 0.3) is 0 Å². The fourth-order valence-electron chi connectivity index (χ4n) is 2.05. The second-order valence-electron chi connectivity index (χ2n) is 4.55. The maximum absolute atomic E-state index is 12.0. The molecular weight excluding hydrogens is 302 g/mol. The van der Waals surface area contributed by atoms with E-state index in [-0.39, 0.29) is 18.1 Å². The van der Waals surface area contributed by atoms with E-state index in [2.05, 4.69) is 21.2 Å². The summed E-state index contributed by atoms with van der Waals surface area (Å²) in [7, 11) is 0. The molecule has 5 heteroatoms. The largest absolute Gasteiger partial charge is 0.393 e. The fraction of sp³-hybridized carbons (Fsp3) is 0.583. The molecule has 0 unspecified atom stereocenters. The summed E-state index contributed by atoms with van der Waals surface area (Å²) in [6.07, 6.45) is 3.15. The molecular formula is C12H16BrNO2S. The molecule has 2 N–H and O–H groups in total. The van der Waals surface area contributed by atoms with Crippen LogP contribution in [0.1, 0.15) is 40.9 Å². The predicted octanol–water partition coefficient (Wildman–Crippen LogP) is 2.85. The van der Waals surface area contributed by atoms with Gasteiger partial charge in [-0.1, -0.05) is 0 Å². The fourth-order valence-corrected chi connectivity index (χ4v) is 3.49. The van der Waals surface area contributed by atoms with Crippen LogP contribution < -0.4 is 5.32 Å². The van der Waals surface area contributed by atoms with E-state index < -0.39 is 0 Å². The SMILES string of the molecule is Cc1cc(C(=O)NC2CCC(O)CC2)sc1Br. The van der Waals surface area contributed by atoms with Gasteiger partial charge in [0.1, 0.15) is 0 Å². The van der Waals surface area contributed by atoms with E-state index in [9.17, 15) is 9.90 Å². The van der Waals surface area contributed by atoms with Gasteiger partial charge in [0, 0.05) is 6.04 Å². The van der Waals surface area contributed by atoms with Gasteiger partial charge in [0.25, 0.3) is 5.91 Å². The molecule has 0 spiro atoms. The molecule has 94 valence electrons. The minimum Gasteiger partial charge on any atom is -0.393 e. The molecule has 1 aliphatic rings. The standard InChI is InChI=1S/C12H16BrNO2S/c1-7-6-10(17-11(7)13)12(16)14-8-2-4-9(15)5-3-8/h6,8-9,15H,2-5H2,1H3,(H,14,16). The molecule has 1 amide bonds. The van der Waals surface area contributed by atoms with Gasteiger partial charge in [-0.2, -0.15) is 0 Å². The first kappa shape index (κ1) is 13.1. The van der Waals surface area contributed by atoms with Gasteiger partial charge >= 0.3 is 0 Å². The Morgan fingerprint density at radius 3 is 2.65 bits per heavy atom. The van der Waals surface area contributed by atoms with Gasteiger partial charge in [-0.15, -0.1) is 11.3 Å². The highest BCUT2D eigenvalue weighted by Gasteiger charge is 2.22. The van der Waals surface area contributed by atoms with Crippen molar-refractivity contribution >= 4 is 33.2 Å². The summed E-state index contributed by atoms with van der Waals surface area (Å²) in [4.78, 5) is 12.7. The zero-order valence-corrected chi connectivity index (χ0v) is 12.1. The summed E-state index contributed by atoms with van der Waals surface area (Å²) in [6, 6.07) is 2.12. The van der Waals surface area contributed by atoms with Crippen molar-refractivity contribution < 1.29 is 9.90 Å². The topological polar surface area (TPSA) is 49.3 Å². The number of rotatable bonds is 2. The zero-order chi connectivity index (χ0) is 12.4. The smallest absolute Gasteiger partial charge is 0.261 e. The van der Waals surface area contributed by atoms with Gasteiger partial charge in [-0.05, 0) is 60.2 Å². The highest BCUT2D eigenvalue weighted by atomic mass is 79.9. The lowest BCUT2D eigenvalue weighted by molar-refractivity contribution is 0.0871. The normalized spacial score (nSPS) is 24.6. The van der Waals surface area contributed by atoms with Crippen molar-refractivity contribution in [2.24, 2.45) is 0 Å². The number of aliphatic hydroxyl groups excluding tert-OH is 1. The number of carbonyl (C=O) groups excluding carboxylic acids is 1. The minimum atomic E-state index is -0.179. The average molecular weight is 318 g/mol. The summed E-state index contributed by atoms with van der Waals surface area (Å²) < 4.78 is 1.02. The van der Waals surface area contributed by atoms with Gasteiger partial charge in [0.05, 0.1) is 14.8 Å². The van der Waals surface area contributed by atoms with E-state index in [4.69, 9.17) is 0 Å². The van der Waals surface area contributed by atoms with E-state index in [1.165, 1.54) is 11.3 Å². The van der Waals surface area contributed by atoms with Gasteiger partial charge < -0.3 is 10.4 Å². The monoisotopic (exact) mass is 317 g/mol. The van der Waals surface area contributed by atoms with Crippen molar-refractivity contribution in [1.29, 1.82) is 0 Å². The molecule has 0 aromatic carbocycles. The number of nitrogens with one attached hydrogen (secondary N) is 1. The molecule has 1 heterocycles. The highest BCUT2D eigenvalue weighted by Crippen LogP contribution is 2.27. The van der Waals surface area contributed by atoms with E-state index in [1.807, 2.05) is 13.0 Å². The Morgan fingerprint density at radius 1 is 1.47 bits per heavy atom. The van der Waals surface area contributed by atoms with Crippen molar-refractivity contribution in [3.63, 3.8) is 0 Å². The summed E-state index contributed by atoms with van der Waals surface area (Å²) >= 11 is 4.89. The third-order valence-corrected chi connectivity index (χ3v) is 5.25. The van der Waals surface area contributed by atoms with Gasteiger partial charge in [-0.25, -0.2) is 0 Å². The van der Waals surface area contributed by atoms with Crippen LogP contribution in [-0.4, -0.2) is 23.2 Å². The Labute approximate surface area is 113 Å². The maximum Gasteiger partial charge on any atom is 0.261 e. The molecule has 1 saturated carbocycles. The molecule has 1 aliphatic carbocycles. The summed E-state index contributed by atoms with van der Waals surface area (Å²) in [5, 5.41) is 12.4. The minimum absolute atomic E-state index is 0.00481. The molecule has 17 heavy (non-hydrogen) atoms. The molecule has 0 radical (unpaired) electrons. The number of amides is 1. The van der Waals surface area contributed by atoms with Gasteiger partial charge in [0.15, 0.2) is 0 Å². The lowest BCUT2D eigenvalue weighted by Gasteiger charge is -2.25. The predicted molar refractivity (Wildman–Crippen MR) is 72.5 cm³/mol. The van der Waals surface area contributed by atoms with Crippen LogP contribution in [0.2, 0.25) is 0 Å². The number of hydrogen-bond donors (Lipinski definition) is 2. The van der Waals surface area contributed by atoms with Crippen molar-refractivity contribution in [2.75, 3.05) is 0 Å². The Bertz CT molecular complexity index is 391. The lowest BCUT2D eigenvalue weighted by atomic mass is 9.93. The van der Waals surface area contributed by atoms with E-state index in [1.54, 1.807) is 0 Å². The first-order valence-corrected chi connectivity index (χ1v) is 7.42. The van der Waals surface area contributed by atoms with Gasteiger partial charge in [0.2, 0.25) is 0 Å². The maximum atomic E-state index is 12.0. The van der Waals surface area contributed by atoms with Crippen LogP contribution >= 0.6 is 27.3 Å². The van der Waals surface area contributed by atoms with Crippen LogP contribution in [-0.2, 0) is 0 Å². The van der Waals surface area contributed by atoms with Crippen molar-refractivity contribution in [3.05, 3.63) is 20.3 Å². The second-order valence-corrected chi connectivity index (χ2v) is 6.92. The van der Waals surface area contributed by atoms with Crippen LogP contribution in [0.4, 0.5) is 0 Å². The number of halogens is 1. The molecule has 0 saturated heterocycles. The molecule has 1 fully saturated rings. The Kier molecular flexibility index (Phi) is 4.22. The molecule has 0 bridgehead atoms. The number of carbonyl (C=O) groups is 1. The molecule has 3 nitrogen and oxygen atoms in total. The Hall–Kier alpha value is -0.390. The summed E-state index contributed by atoms with van der Waals surface area (Å²) in [5.41, 5.74) is 1.10. The second kappa shape index (κ2) is 5.50. The third-order valence-electron chi connectivity index (χ3n) is 3.11. The van der Waals surface area contributed by atoms with E-state index in [0.717, 1.165) is 39.9 Å². The van der Waals surface area contributed by atoms with Crippen molar-refractivity contribution in [3.8, 4) is 0 Å². The molecule has 1 aromatic heterocycles. The number of aryl methyl sites for hydroxylation is 1. The number of thiophene rings is 1. The van der Waals surface area contributed by atoms with Crippen molar-refractivity contribution in [1.82, 2.24) is 5.32 Å².